The van der Waals surface area contributed by atoms with Crippen molar-refractivity contribution < 1.29 is 9.21 Å². The van der Waals surface area contributed by atoms with E-state index in [-0.39, 0.29) is 5.91 Å². The second-order valence-corrected chi connectivity index (χ2v) is 6.67. The highest BCUT2D eigenvalue weighted by atomic mass is 32.2. The van der Waals surface area contributed by atoms with Crippen LogP contribution in [0.4, 0.5) is 0 Å². The third-order valence-electron chi connectivity index (χ3n) is 3.57. The van der Waals surface area contributed by atoms with Gasteiger partial charge in [-0.1, -0.05) is 13.3 Å². The molecule has 1 aromatic heterocycles. The molecular formula is C15H23NO2S. The fraction of sp³-hybridized carbons (Fsp3) is 0.667. The topological polar surface area (TPSA) is 42.2 Å². The van der Waals surface area contributed by atoms with E-state index in [1.165, 1.54) is 18.6 Å². The number of hydrogen-bond acceptors (Lipinski definition) is 3. The van der Waals surface area contributed by atoms with E-state index in [1.807, 2.05) is 23.9 Å². The van der Waals surface area contributed by atoms with Gasteiger partial charge in [0.1, 0.15) is 5.76 Å². The largest absolute Gasteiger partial charge is 0.469 e. The lowest BCUT2D eigenvalue weighted by atomic mass is 9.95. The molecule has 1 N–H and O–H groups in total. The molecule has 0 aliphatic heterocycles. The van der Waals surface area contributed by atoms with Crippen LogP contribution in [0.2, 0.25) is 0 Å². The predicted octanol–water partition coefficient (Wildman–Crippen LogP) is 3.39. The Hall–Kier alpha value is -0.900. The van der Waals surface area contributed by atoms with Crippen LogP contribution >= 0.6 is 11.8 Å². The molecule has 0 unspecified atom stereocenters. The first-order chi connectivity index (χ1) is 9.28. The number of amides is 1. The minimum atomic E-state index is 0.156. The summed E-state index contributed by atoms with van der Waals surface area (Å²) in [5.41, 5.74) is 0. The summed E-state index contributed by atoms with van der Waals surface area (Å²) in [6, 6.07) is 4.16. The van der Waals surface area contributed by atoms with E-state index in [0.29, 0.717) is 18.9 Å². The second kappa shape index (κ2) is 7.63. The average Bonchev–Trinajstić information content (AvgIpc) is 2.90. The molecule has 19 heavy (non-hydrogen) atoms. The SMILES string of the molecule is CCS[C@@H]1CCC[C@@H](NC(=O)CCc2ccco2)C1. The maximum Gasteiger partial charge on any atom is 0.220 e. The molecule has 0 aromatic carbocycles. The molecule has 1 aromatic rings. The lowest BCUT2D eigenvalue weighted by Crippen LogP contribution is -2.39. The van der Waals surface area contributed by atoms with Crippen molar-refractivity contribution in [1.29, 1.82) is 0 Å². The Kier molecular flexibility index (Phi) is 5.83. The molecule has 0 saturated heterocycles. The Morgan fingerprint density at radius 2 is 2.42 bits per heavy atom. The van der Waals surface area contributed by atoms with Crippen LogP contribution in [-0.4, -0.2) is 23.0 Å². The van der Waals surface area contributed by atoms with Gasteiger partial charge in [0.15, 0.2) is 0 Å². The molecule has 0 bridgehead atoms. The van der Waals surface area contributed by atoms with Crippen LogP contribution in [0.25, 0.3) is 0 Å². The second-order valence-electron chi connectivity index (χ2n) is 5.09. The highest BCUT2D eigenvalue weighted by molar-refractivity contribution is 7.99. The Balaban J connectivity index is 1.69. The molecule has 1 amide bonds. The Labute approximate surface area is 119 Å². The molecule has 0 spiro atoms. The summed E-state index contributed by atoms with van der Waals surface area (Å²) in [5.74, 6) is 2.21. The fourth-order valence-corrected chi connectivity index (χ4v) is 3.83. The summed E-state index contributed by atoms with van der Waals surface area (Å²) in [6.45, 7) is 2.20. The molecule has 1 aliphatic rings. The first kappa shape index (κ1) is 14.5. The van der Waals surface area contributed by atoms with Gasteiger partial charge in [-0.25, -0.2) is 0 Å². The van der Waals surface area contributed by atoms with Crippen molar-refractivity contribution in [3.05, 3.63) is 24.2 Å². The van der Waals surface area contributed by atoms with E-state index in [2.05, 4.69) is 12.2 Å². The first-order valence-electron chi connectivity index (χ1n) is 7.21. The Morgan fingerprint density at radius 1 is 1.53 bits per heavy atom. The van der Waals surface area contributed by atoms with Gasteiger partial charge >= 0.3 is 0 Å². The van der Waals surface area contributed by atoms with E-state index in [1.54, 1.807) is 6.26 Å². The molecule has 1 saturated carbocycles. The third kappa shape index (κ3) is 4.94. The van der Waals surface area contributed by atoms with Crippen LogP contribution in [0, 0.1) is 0 Å². The van der Waals surface area contributed by atoms with Crippen molar-refractivity contribution in [3.8, 4) is 0 Å². The number of furan rings is 1. The van der Waals surface area contributed by atoms with Gasteiger partial charge in [-0.2, -0.15) is 11.8 Å². The zero-order chi connectivity index (χ0) is 13.5. The number of thioether (sulfide) groups is 1. The number of aryl methyl sites for hydroxylation is 1. The van der Waals surface area contributed by atoms with Crippen LogP contribution in [0.1, 0.15) is 44.8 Å². The van der Waals surface area contributed by atoms with Crippen molar-refractivity contribution in [2.75, 3.05) is 5.75 Å². The molecule has 106 valence electrons. The molecule has 0 radical (unpaired) electrons. The van der Waals surface area contributed by atoms with E-state index in [4.69, 9.17) is 4.42 Å². The van der Waals surface area contributed by atoms with Gasteiger partial charge in [0, 0.05) is 24.1 Å². The quantitative estimate of drug-likeness (QED) is 0.869. The maximum atomic E-state index is 11.9. The summed E-state index contributed by atoms with van der Waals surface area (Å²) < 4.78 is 5.24. The van der Waals surface area contributed by atoms with Gasteiger partial charge in [-0.3, -0.25) is 4.79 Å². The van der Waals surface area contributed by atoms with E-state index >= 15 is 0 Å². The zero-order valence-electron chi connectivity index (χ0n) is 11.6. The highest BCUT2D eigenvalue weighted by Crippen LogP contribution is 2.28. The molecule has 1 heterocycles. The van der Waals surface area contributed by atoms with Gasteiger partial charge in [-0.05, 0) is 37.1 Å². The van der Waals surface area contributed by atoms with Crippen LogP contribution in [-0.2, 0) is 11.2 Å². The van der Waals surface area contributed by atoms with Gasteiger partial charge in [0.2, 0.25) is 5.91 Å². The smallest absolute Gasteiger partial charge is 0.220 e. The summed E-state index contributed by atoms with van der Waals surface area (Å²) in [5, 5.41) is 3.91. The summed E-state index contributed by atoms with van der Waals surface area (Å²) in [6.07, 6.45) is 7.67. The molecule has 2 atom stereocenters. The number of carbonyl (C=O) groups excluding carboxylic acids is 1. The molecule has 2 rings (SSSR count). The number of nitrogens with one attached hydrogen (secondary N) is 1. The van der Waals surface area contributed by atoms with E-state index in [0.717, 1.165) is 23.9 Å². The van der Waals surface area contributed by atoms with Gasteiger partial charge in [-0.15, -0.1) is 0 Å². The zero-order valence-corrected chi connectivity index (χ0v) is 12.4. The number of carbonyl (C=O) groups is 1. The molecule has 4 heteroatoms. The summed E-state index contributed by atoms with van der Waals surface area (Å²) in [4.78, 5) is 11.9. The minimum Gasteiger partial charge on any atom is -0.469 e. The maximum absolute atomic E-state index is 11.9. The lowest BCUT2D eigenvalue weighted by Gasteiger charge is -2.29. The Morgan fingerprint density at radius 3 is 3.16 bits per heavy atom. The van der Waals surface area contributed by atoms with E-state index in [9.17, 15) is 4.79 Å². The van der Waals surface area contributed by atoms with Crippen molar-refractivity contribution in [1.82, 2.24) is 5.32 Å². The number of hydrogen-bond donors (Lipinski definition) is 1. The molecule has 1 fully saturated rings. The first-order valence-corrected chi connectivity index (χ1v) is 8.26. The minimum absolute atomic E-state index is 0.156. The fourth-order valence-electron chi connectivity index (χ4n) is 2.65. The van der Waals surface area contributed by atoms with Crippen molar-refractivity contribution >= 4 is 17.7 Å². The molecular weight excluding hydrogens is 258 g/mol. The standard InChI is InChI=1S/C15H23NO2S/c1-2-19-14-7-3-5-12(11-14)16-15(17)9-8-13-6-4-10-18-13/h4,6,10,12,14H,2-3,5,7-9,11H2,1H3,(H,16,17)/t12-,14-/m1/s1. The molecule has 1 aliphatic carbocycles. The van der Waals surface area contributed by atoms with Crippen LogP contribution in [0.5, 0.6) is 0 Å². The summed E-state index contributed by atoms with van der Waals surface area (Å²) in [7, 11) is 0. The van der Waals surface area contributed by atoms with Crippen LogP contribution in [0.3, 0.4) is 0 Å². The van der Waals surface area contributed by atoms with Crippen molar-refractivity contribution in [2.24, 2.45) is 0 Å². The van der Waals surface area contributed by atoms with Crippen LogP contribution in [0.15, 0.2) is 22.8 Å². The predicted molar refractivity (Wildman–Crippen MR) is 79.3 cm³/mol. The van der Waals surface area contributed by atoms with Crippen molar-refractivity contribution in [3.63, 3.8) is 0 Å². The Bertz CT molecular complexity index is 376. The normalized spacial score (nSPS) is 23.2. The lowest BCUT2D eigenvalue weighted by molar-refractivity contribution is -0.122. The summed E-state index contributed by atoms with van der Waals surface area (Å²) >= 11 is 2.03. The number of rotatable bonds is 6. The van der Waals surface area contributed by atoms with Crippen LogP contribution < -0.4 is 5.32 Å². The third-order valence-corrected chi connectivity index (χ3v) is 4.81. The van der Waals surface area contributed by atoms with Gasteiger partial charge in [0.25, 0.3) is 0 Å². The highest BCUT2D eigenvalue weighted by Gasteiger charge is 2.22. The van der Waals surface area contributed by atoms with Crippen molar-refractivity contribution in [2.45, 2.75) is 56.7 Å². The molecule has 3 nitrogen and oxygen atoms in total. The van der Waals surface area contributed by atoms with E-state index < -0.39 is 0 Å². The average molecular weight is 281 g/mol. The monoisotopic (exact) mass is 281 g/mol. The van der Waals surface area contributed by atoms with Gasteiger partial charge in [0.05, 0.1) is 6.26 Å². The van der Waals surface area contributed by atoms with Gasteiger partial charge < -0.3 is 9.73 Å².